The lowest BCUT2D eigenvalue weighted by Crippen LogP contribution is -2.06. The van der Waals surface area contributed by atoms with Crippen molar-refractivity contribution in [3.8, 4) is 0 Å². The second-order valence-corrected chi connectivity index (χ2v) is 5.05. The van der Waals surface area contributed by atoms with Gasteiger partial charge in [-0.05, 0) is 25.7 Å². The van der Waals surface area contributed by atoms with Crippen LogP contribution in [0.1, 0.15) is 25.7 Å². The highest BCUT2D eigenvalue weighted by Crippen LogP contribution is 1.96. The molecule has 18 heavy (non-hydrogen) atoms. The van der Waals surface area contributed by atoms with Crippen molar-refractivity contribution < 1.29 is 19.1 Å². The molecule has 0 heterocycles. The molecule has 0 bridgehead atoms. The van der Waals surface area contributed by atoms with Crippen molar-refractivity contribution in [3.05, 3.63) is 12.2 Å². The summed E-state index contributed by atoms with van der Waals surface area (Å²) in [4.78, 5) is 22.3. The van der Waals surface area contributed by atoms with Crippen LogP contribution >= 0.6 is 31.9 Å². The fourth-order valence-corrected chi connectivity index (χ4v) is 1.76. The molecule has 0 radical (unpaired) electrons. The van der Waals surface area contributed by atoms with Crippen LogP contribution in [0.3, 0.4) is 0 Å². The number of esters is 2. The highest BCUT2D eigenvalue weighted by Gasteiger charge is 2.00. The molecule has 0 atom stereocenters. The first-order valence-electron chi connectivity index (χ1n) is 5.84. The maximum atomic E-state index is 11.2. The van der Waals surface area contributed by atoms with Gasteiger partial charge >= 0.3 is 11.9 Å². The molecule has 0 rings (SSSR count). The van der Waals surface area contributed by atoms with Gasteiger partial charge in [-0.15, -0.1) is 0 Å². The third-order valence-corrected chi connectivity index (χ3v) is 3.02. The summed E-state index contributed by atoms with van der Waals surface area (Å²) >= 11 is 6.57. The molecule has 0 spiro atoms. The molecule has 0 aliphatic heterocycles. The van der Waals surface area contributed by atoms with Crippen molar-refractivity contribution in [2.75, 3.05) is 23.9 Å². The minimum atomic E-state index is -0.512. The SMILES string of the molecule is O=C(/C=C/C(=O)OCCCCBr)OCCCCBr. The van der Waals surface area contributed by atoms with Gasteiger partial charge in [0.15, 0.2) is 0 Å². The smallest absolute Gasteiger partial charge is 0.331 e. The summed E-state index contributed by atoms with van der Waals surface area (Å²) in [6, 6.07) is 0. The van der Waals surface area contributed by atoms with E-state index < -0.39 is 11.9 Å². The van der Waals surface area contributed by atoms with Crippen LogP contribution in [0, 0.1) is 0 Å². The van der Waals surface area contributed by atoms with Crippen molar-refractivity contribution in [3.63, 3.8) is 0 Å². The first kappa shape index (κ1) is 17.6. The van der Waals surface area contributed by atoms with Gasteiger partial charge in [0.05, 0.1) is 13.2 Å². The minimum absolute atomic E-state index is 0.370. The normalized spacial score (nSPS) is 10.6. The van der Waals surface area contributed by atoms with Crippen molar-refractivity contribution in [1.29, 1.82) is 0 Å². The fourth-order valence-electron chi connectivity index (χ4n) is 0.971. The van der Waals surface area contributed by atoms with Gasteiger partial charge in [0.1, 0.15) is 0 Å². The van der Waals surface area contributed by atoms with Gasteiger partial charge in [0.25, 0.3) is 0 Å². The third kappa shape index (κ3) is 12.1. The molecule has 0 saturated carbocycles. The van der Waals surface area contributed by atoms with Crippen LogP contribution < -0.4 is 0 Å². The molecule has 0 aromatic heterocycles. The number of unbranched alkanes of at least 4 members (excludes halogenated alkanes) is 2. The molecule has 6 heteroatoms. The Morgan fingerprint density at radius 2 is 1.17 bits per heavy atom. The van der Waals surface area contributed by atoms with Gasteiger partial charge in [0, 0.05) is 22.8 Å². The lowest BCUT2D eigenvalue weighted by Gasteiger charge is -2.01. The summed E-state index contributed by atoms with van der Waals surface area (Å²) in [5.41, 5.74) is 0. The Morgan fingerprint density at radius 1 is 0.778 bits per heavy atom. The van der Waals surface area contributed by atoms with E-state index in [0.717, 1.165) is 48.5 Å². The molecular formula is C12H18Br2O4. The Morgan fingerprint density at radius 3 is 1.50 bits per heavy atom. The first-order chi connectivity index (χ1) is 8.70. The van der Waals surface area contributed by atoms with Crippen molar-refractivity contribution in [2.45, 2.75) is 25.7 Å². The van der Waals surface area contributed by atoms with E-state index in [-0.39, 0.29) is 0 Å². The Labute approximate surface area is 124 Å². The summed E-state index contributed by atoms with van der Waals surface area (Å²) in [6.07, 6.45) is 5.71. The van der Waals surface area contributed by atoms with Gasteiger partial charge in [-0.1, -0.05) is 31.9 Å². The lowest BCUT2D eigenvalue weighted by molar-refractivity contribution is -0.140. The van der Waals surface area contributed by atoms with E-state index in [4.69, 9.17) is 9.47 Å². The summed E-state index contributed by atoms with van der Waals surface area (Å²) in [6.45, 7) is 0.740. The highest BCUT2D eigenvalue weighted by atomic mass is 79.9. The zero-order chi connectivity index (χ0) is 13.6. The summed E-state index contributed by atoms with van der Waals surface area (Å²) in [5, 5.41) is 1.78. The summed E-state index contributed by atoms with van der Waals surface area (Å²) in [7, 11) is 0. The van der Waals surface area contributed by atoms with E-state index in [1.165, 1.54) is 0 Å². The van der Waals surface area contributed by atoms with Crippen LogP contribution in [0.5, 0.6) is 0 Å². The summed E-state index contributed by atoms with van der Waals surface area (Å²) in [5.74, 6) is -1.02. The van der Waals surface area contributed by atoms with Gasteiger partial charge in [-0.25, -0.2) is 9.59 Å². The van der Waals surface area contributed by atoms with Crippen LogP contribution in [0.25, 0.3) is 0 Å². The van der Waals surface area contributed by atoms with Gasteiger partial charge in [0.2, 0.25) is 0 Å². The fraction of sp³-hybridized carbons (Fsp3) is 0.667. The summed E-state index contributed by atoms with van der Waals surface area (Å²) < 4.78 is 9.75. The van der Waals surface area contributed by atoms with Crippen LogP contribution in [0.2, 0.25) is 0 Å². The van der Waals surface area contributed by atoms with Gasteiger partial charge < -0.3 is 9.47 Å². The molecule has 0 fully saturated rings. The lowest BCUT2D eigenvalue weighted by atomic mass is 10.3. The van der Waals surface area contributed by atoms with Crippen molar-refractivity contribution >= 4 is 43.8 Å². The predicted octanol–water partition coefficient (Wildman–Crippen LogP) is 2.98. The van der Waals surface area contributed by atoms with E-state index in [1.807, 2.05) is 0 Å². The number of carbonyl (C=O) groups excluding carboxylic acids is 2. The molecular weight excluding hydrogens is 368 g/mol. The van der Waals surface area contributed by atoms with Crippen molar-refractivity contribution in [1.82, 2.24) is 0 Å². The van der Waals surface area contributed by atoms with E-state index in [1.54, 1.807) is 0 Å². The molecule has 0 aromatic carbocycles. The number of ether oxygens (including phenoxy) is 2. The largest absolute Gasteiger partial charge is 0.463 e. The number of hydrogen-bond acceptors (Lipinski definition) is 4. The monoisotopic (exact) mass is 384 g/mol. The van der Waals surface area contributed by atoms with E-state index in [2.05, 4.69) is 31.9 Å². The Bertz CT molecular complexity index is 241. The van der Waals surface area contributed by atoms with E-state index >= 15 is 0 Å². The molecule has 0 amide bonds. The number of halogens is 2. The average Bonchev–Trinajstić information content (AvgIpc) is 2.37. The standard InChI is InChI=1S/C12H18Br2O4/c13-7-1-3-9-17-11(15)5-6-12(16)18-10-4-2-8-14/h5-6H,1-4,7-10H2/b6-5+. The molecule has 0 aliphatic rings. The topological polar surface area (TPSA) is 52.6 Å². The molecule has 0 unspecified atom stereocenters. The maximum absolute atomic E-state index is 11.2. The molecule has 4 nitrogen and oxygen atoms in total. The number of rotatable bonds is 10. The molecule has 104 valence electrons. The minimum Gasteiger partial charge on any atom is -0.463 e. The quantitative estimate of drug-likeness (QED) is 0.251. The Kier molecular flexibility index (Phi) is 12.8. The number of hydrogen-bond donors (Lipinski definition) is 0. The van der Waals surface area contributed by atoms with Crippen LogP contribution in [0.15, 0.2) is 12.2 Å². The van der Waals surface area contributed by atoms with Crippen LogP contribution in [-0.2, 0) is 19.1 Å². The molecule has 0 aliphatic carbocycles. The average molecular weight is 386 g/mol. The zero-order valence-electron chi connectivity index (χ0n) is 10.2. The maximum Gasteiger partial charge on any atom is 0.331 e. The second-order valence-electron chi connectivity index (χ2n) is 3.46. The number of alkyl halides is 2. The zero-order valence-corrected chi connectivity index (χ0v) is 13.4. The van der Waals surface area contributed by atoms with Crippen LogP contribution in [0.4, 0.5) is 0 Å². The van der Waals surface area contributed by atoms with Gasteiger partial charge in [-0.2, -0.15) is 0 Å². The molecule has 0 aromatic rings. The van der Waals surface area contributed by atoms with E-state index in [0.29, 0.717) is 13.2 Å². The van der Waals surface area contributed by atoms with Crippen LogP contribution in [-0.4, -0.2) is 35.8 Å². The first-order valence-corrected chi connectivity index (χ1v) is 8.08. The highest BCUT2D eigenvalue weighted by molar-refractivity contribution is 9.09. The Hall–Kier alpha value is -0.360. The Balaban J connectivity index is 3.58. The second kappa shape index (κ2) is 13.1. The third-order valence-electron chi connectivity index (χ3n) is 1.90. The number of carbonyl (C=O) groups is 2. The molecule has 0 saturated heterocycles. The molecule has 0 N–H and O–H groups in total. The van der Waals surface area contributed by atoms with Crippen molar-refractivity contribution in [2.24, 2.45) is 0 Å². The van der Waals surface area contributed by atoms with Gasteiger partial charge in [-0.3, -0.25) is 0 Å². The predicted molar refractivity (Wildman–Crippen MR) is 77.1 cm³/mol. The van der Waals surface area contributed by atoms with E-state index in [9.17, 15) is 9.59 Å².